The third-order valence-electron chi connectivity index (χ3n) is 5.19. The monoisotopic (exact) mass is 440 g/mol. The zero-order valence-corrected chi connectivity index (χ0v) is 18.2. The number of amides is 1. The molecule has 7 heteroatoms. The van der Waals surface area contributed by atoms with E-state index in [1.54, 1.807) is 18.1 Å². The Labute approximate surface area is 191 Å². The Hall–Kier alpha value is -4.26. The molecule has 166 valence electrons. The molecule has 33 heavy (non-hydrogen) atoms. The number of rotatable bonds is 8. The molecule has 1 unspecified atom stereocenters. The SMILES string of the molecule is CN(C(=O)c1ccc(=O)n(CCOc2ccccc2)n1)C(c1ccccc1)c1ccccn1. The van der Waals surface area contributed by atoms with Crippen molar-refractivity contribution in [2.24, 2.45) is 0 Å². The summed E-state index contributed by atoms with van der Waals surface area (Å²) in [7, 11) is 1.71. The highest BCUT2D eigenvalue weighted by Crippen LogP contribution is 2.27. The van der Waals surface area contributed by atoms with Crippen LogP contribution in [0.15, 0.2) is 102 Å². The van der Waals surface area contributed by atoms with Gasteiger partial charge >= 0.3 is 0 Å². The number of carbonyl (C=O) groups excluding carboxylic acids is 1. The standard InChI is InChI=1S/C26H24N4O3/c1-29(25(20-10-4-2-5-11-20)22-14-8-9-17-27-22)26(32)23-15-16-24(31)30(28-23)18-19-33-21-12-6-3-7-13-21/h2-17,25H,18-19H2,1H3. The molecule has 2 heterocycles. The zero-order chi connectivity index (χ0) is 23.0. The molecule has 7 nitrogen and oxygen atoms in total. The molecule has 2 aromatic heterocycles. The van der Waals surface area contributed by atoms with E-state index in [1.165, 1.54) is 16.8 Å². The second kappa shape index (κ2) is 10.4. The Morgan fingerprint density at radius 1 is 0.939 bits per heavy atom. The summed E-state index contributed by atoms with van der Waals surface area (Å²) < 4.78 is 6.92. The lowest BCUT2D eigenvalue weighted by Crippen LogP contribution is -2.35. The minimum absolute atomic E-state index is 0.175. The fourth-order valence-electron chi connectivity index (χ4n) is 3.55. The van der Waals surface area contributed by atoms with Gasteiger partial charge in [-0.15, -0.1) is 0 Å². The number of nitrogens with zero attached hydrogens (tertiary/aromatic N) is 4. The lowest BCUT2D eigenvalue weighted by Gasteiger charge is -2.28. The van der Waals surface area contributed by atoms with Gasteiger partial charge in [-0.1, -0.05) is 54.6 Å². The van der Waals surface area contributed by atoms with E-state index in [-0.39, 0.29) is 30.3 Å². The van der Waals surface area contributed by atoms with Crippen LogP contribution >= 0.6 is 0 Å². The van der Waals surface area contributed by atoms with Crippen LogP contribution in [0.4, 0.5) is 0 Å². The van der Waals surface area contributed by atoms with Gasteiger partial charge in [-0.3, -0.25) is 14.6 Å². The molecule has 0 fully saturated rings. The van der Waals surface area contributed by atoms with E-state index in [1.807, 2.05) is 78.9 Å². The van der Waals surface area contributed by atoms with Crippen molar-refractivity contribution >= 4 is 5.91 Å². The van der Waals surface area contributed by atoms with Gasteiger partial charge in [0.1, 0.15) is 18.1 Å². The third kappa shape index (κ3) is 5.33. The Bertz CT molecular complexity index is 1210. The van der Waals surface area contributed by atoms with Crippen LogP contribution in [-0.4, -0.2) is 39.2 Å². The van der Waals surface area contributed by atoms with Crippen LogP contribution in [0, 0.1) is 0 Å². The van der Waals surface area contributed by atoms with Gasteiger partial charge in [0.25, 0.3) is 11.5 Å². The lowest BCUT2D eigenvalue weighted by atomic mass is 10.0. The highest BCUT2D eigenvalue weighted by molar-refractivity contribution is 5.92. The molecule has 4 aromatic rings. The molecule has 2 aromatic carbocycles. The zero-order valence-electron chi connectivity index (χ0n) is 18.2. The van der Waals surface area contributed by atoms with E-state index in [0.29, 0.717) is 5.75 Å². The lowest BCUT2D eigenvalue weighted by molar-refractivity contribution is 0.0743. The summed E-state index contributed by atoms with van der Waals surface area (Å²) in [5, 5.41) is 4.31. The summed E-state index contributed by atoms with van der Waals surface area (Å²) >= 11 is 0. The summed E-state index contributed by atoms with van der Waals surface area (Å²) in [5.74, 6) is 0.394. The molecule has 0 radical (unpaired) electrons. The molecule has 1 atom stereocenters. The molecule has 0 saturated carbocycles. The molecule has 0 aliphatic rings. The second-order valence-electron chi connectivity index (χ2n) is 7.43. The molecule has 0 saturated heterocycles. The quantitative estimate of drug-likeness (QED) is 0.419. The highest BCUT2D eigenvalue weighted by Gasteiger charge is 2.26. The van der Waals surface area contributed by atoms with Crippen molar-refractivity contribution in [3.8, 4) is 5.75 Å². The van der Waals surface area contributed by atoms with Crippen LogP contribution in [-0.2, 0) is 6.54 Å². The minimum atomic E-state index is -0.400. The Kier molecular flexibility index (Phi) is 6.90. The van der Waals surface area contributed by atoms with E-state index in [9.17, 15) is 9.59 Å². The molecular weight excluding hydrogens is 416 g/mol. The topological polar surface area (TPSA) is 77.3 Å². The van der Waals surface area contributed by atoms with Gasteiger partial charge in [-0.2, -0.15) is 5.10 Å². The minimum Gasteiger partial charge on any atom is -0.492 e. The highest BCUT2D eigenvalue weighted by atomic mass is 16.5. The predicted octanol–water partition coefficient (Wildman–Crippen LogP) is 3.58. The van der Waals surface area contributed by atoms with Crippen molar-refractivity contribution in [3.63, 3.8) is 0 Å². The number of ether oxygens (including phenoxy) is 1. The van der Waals surface area contributed by atoms with Gasteiger partial charge in [0.15, 0.2) is 0 Å². The fourth-order valence-corrected chi connectivity index (χ4v) is 3.55. The van der Waals surface area contributed by atoms with Crippen LogP contribution in [0.3, 0.4) is 0 Å². The van der Waals surface area contributed by atoms with Crippen molar-refractivity contribution < 1.29 is 9.53 Å². The average molecular weight is 441 g/mol. The first kappa shape index (κ1) is 22.0. The first-order valence-corrected chi connectivity index (χ1v) is 10.6. The second-order valence-corrected chi connectivity index (χ2v) is 7.43. The number of hydrogen-bond donors (Lipinski definition) is 0. The first-order valence-electron chi connectivity index (χ1n) is 10.6. The van der Waals surface area contributed by atoms with Crippen LogP contribution < -0.4 is 10.3 Å². The summed E-state index contributed by atoms with van der Waals surface area (Å²) in [6.07, 6.45) is 1.70. The number of para-hydroxylation sites is 1. The number of carbonyl (C=O) groups is 1. The maximum atomic E-state index is 13.4. The number of hydrogen-bond acceptors (Lipinski definition) is 5. The molecule has 0 aliphatic carbocycles. The Morgan fingerprint density at radius 3 is 2.33 bits per heavy atom. The normalized spacial score (nSPS) is 11.5. The van der Waals surface area contributed by atoms with E-state index >= 15 is 0 Å². The van der Waals surface area contributed by atoms with E-state index < -0.39 is 6.04 Å². The Balaban J connectivity index is 1.55. The molecule has 4 rings (SSSR count). The Morgan fingerprint density at radius 2 is 1.64 bits per heavy atom. The van der Waals surface area contributed by atoms with Gasteiger partial charge < -0.3 is 9.64 Å². The summed E-state index contributed by atoms with van der Waals surface area (Å²) in [5.41, 5.74) is 1.55. The molecule has 0 N–H and O–H groups in total. The van der Waals surface area contributed by atoms with Gasteiger partial charge in [0, 0.05) is 19.3 Å². The van der Waals surface area contributed by atoms with Crippen molar-refractivity contribution in [1.82, 2.24) is 19.7 Å². The van der Waals surface area contributed by atoms with Crippen LogP contribution in [0.25, 0.3) is 0 Å². The fraction of sp³-hybridized carbons (Fsp3) is 0.154. The summed E-state index contributed by atoms with van der Waals surface area (Å²) in [6.45, 7) is 0.478. The van der Waals surface area contributed by atoms with Gasteiger partial charge in [-0.25, -0.2) is 4.68 Å². The molecule has 0 aliphatic heterocycles. The summed E-state index contributed by atoms with van der Waals surface area (Å²) in [4.78, 5) is 31.7. The average Bonchev–Trinajstić information content (AvgIpc) is 2.87. The van der Waals surface area contributed by atoms with Gasteiger partial charge in [-0.05, 0) is 35.9 Å². The summed E-state index contributed by atoms with van der Waals surface area (Å²) in [6, 6.07) is 27.0. The number of aromatic nitrogens is 3. The predicted molar refractivity (Wildman–Crippen MR) is 125 cm³/mol. The third-order valence-corrected chi connectivity index (χ3v) is 5.19. The molecular formula is C26H24N4O3. The van der Waals surface area contributed by atoms with Crippen LogP contribution in [0.1, 0.15) is 27.8 Å². The van der Waals surface area contributed by atoms with Crippen LogP contribution in [0.5, 0.6) is 5.75 Å². The molecule has 1 amide bonds. The van der Waals surface area contributed by atoms with Crippen molar-refractivity contribution in [1.29, 1.82) is 0 Å². The largest absolute Gasteiger partial charge is 0.492 e. The van der Waals surface area contributed by atoms with E-state index in [2.05, 4.69) is 10.1 Å². The number of pyridine rings is 1. The smallest absolute Gasteiger partial charge is 0.274 e. The van der Waals surface area contributed by atoms with Gasteiger partial charge in [0.05, 0.1) is 18.3 Å². The number of benzene rings is 2. The van der Waals surface area contributed by atoms with Crippen molar-refractivity contribution in [3.05, 3.63) is 124 Å². The van der Waals surface area contributed by atoms with Crippen molar-refractivity contribution in [2.75, 3.05) is 13.7 Å². The van der Waals surface area contributed by atoms with E-state index in [0.717, 1.165) is 11.3 Å². The first-order chi connectivity index (χ1) is 16.1. The molecule has 0 spiro atoms. The van der Waals surface area contributed by atoms with E-state index in [4.69, 9.17) is 4.74 Å². The maximum absolute atomic E-state index is 13.4. The van der Waals surface area contributed by atoms with Crippen LogP contribution in [0.2, 0.25) is 0 Å². The molecule has 0 bridgehead atoms. The van der Waals surface area contributed by atoms with Crippen molar-refractivity contribution in [2.45, 2.75) is 12.6 Å². The maximum Gasteiger partial charge on any atom is 0.274 e. The van der Waals surface area contributed by atoms with Gasteiger partial charge in [0.2, 0.25) is 0 Å².